The molecule has 0 heterocycles. The fraction of sp³-hybridized carbons (Fsp3) is 0.214. The first-order valence-corrected chi connectivity index (χ1v) is 10.1. The van der Waals surface area contributed by atoms with Crippen molar-refractivity contribution < 1.29 is 196 Å². The average molecular weight is 924 g/mol. The minimum absolute atomic E-state index is 0. The zero-order valence-electron chi connectivity index (χ0n) is 22.0. The van der Waals surface area contributed by atoms with Gasteiger partial charge in [0.25, 0.3) is 0 Å². The third-order valence-electron chi connectivity index (χ3n) is 4.03. The summed E-state index contributed by atoms with van der Waals surface area (Å²) in [6.07, 6.45) is 0. The molecule has 0 amide bonds. The van der Waals surface area contributed by atoms with Gasteiger partial charge in [-0.25, -0.2) is 22.3 Å². The Morgan fingerprint density at radius 2 is 0.778 bits per heavy atom. The summed E-state index contributed by atoms with van der Waals surface area (Å²) in [5.41, 5.74) is 2.98. The molecule has 8 heteroatoms. The fourth-order valence-corrected chi connectivity index (χ4v) is 2.79. The second-order valence-corrected chi connectivity index (χ2v) is 5.81. The topological polar surface area (TPSA) is 47.6 Å². The maximum absolute atomic E-state index is 8.71. The average Bonchev–Trinajstić information content (AvgIpc) is 2.82. The SMILES string of the molecule is CC.CC.Cc1[c-]c(C#N)[c-]c2ccccc12.Cc1[c-]c(C#N)[c-]c2ccccc12.[Y].[Y].[Y].[Y].[Y].[Y]. The Morgan fingerprint density at radius 3 is 1.06 bits per heavy atom. The van der Waals surface area contributed by atoms with Crippen molar-refractivity contribution in [3.63, 3.8) is 0 Å². The molecule has 36 heavy (non-hydrogen) atoms. The largest absolute Gasteiger partial charge is 0.330 e. The Labute approximate surface area is 369 Å². The van der Waals surface area contributed by atoms with Crippen molar-refractivity contribution in [2.45, 2.75) is 41.5 Å². The van der Waals surface area contributed by atoms with Crippen LogP contribution in [0.2, 0.25) is 0 Å². The van der Waals surface area contributed by atoms with E-state index in [-0.39, 0.29) is 196 Å². The maximum Gasteiger partial charge on any atom is 0 e. The van der Waals surface area contributed by atoms with Crippen molar-refractivity contribution in [3.05, 3.63) is 95.1 Å². The molecule has 170 valence electrons. The van der Waals surface area contributed by atoms with Crippen molar-refractivity contribution in [1.29, 1.82) is 10.5 Å². The van der Waals surface area contributed by atoms with E-state index in [2.05, 4.69) is 24.3 Å². The van der Waals surface area contributed by atoms with Gasteiger partial charge in [0.2, 0.25) is 0 Å². The molecule has 4 aromatic carbocycles. The molecule has 0 saturated carbocycles. The van der Waals surface area contributed by atoms with E-state index >= 15 is 0 Å². The first-order chi connectivity index (χ1) is 14.6. The minimum Gasteiger partial charge on any atom is -0.330 e. The fourth-order valence-electron chi connectivity index (χ4n) is 2.79. The summed E-state index contributed by atoms with van der Waals surface area (Å²) in [5.74, 6) is 0. The van der Waals surface area contributed by atoms with E-state index in [1.165, 1.54) is 0 Å². The van der Waals surface area contributed by atoms with Crippen molar-refractivity contribution in [3.8, 4) is 12.1 Å². The van der Waals surface area contributed by atoms with Gasteiger partial charge in [-0.3, -0.25) is 24.3 Å². The molecular formula is C28H26N2Y6-4. The van der Waals surface area contributed by atoms with Crippen LogP contribution in [-0.4, -0.2) is 0 Å². The van der Waals surface area contributed by atoms with E-state index < -0.39 is 0 Å². The summed E-state index contributed by atoms with van der Waals surface area (Å²) >= 11 is 0. The van der Waals surface area contributed by atoms with Crippen molar-refractivity contribution in [2.75, 3.05) is 0 Å². The van der Waals surface area contributed by atoms with Crippen LogP contribution in [0.4, 0.5) is 0 Å². The molecular weight excluding hydrogens is 898 g/mol. The summed E-state index contributed by atoms with van der Waals surface area (Å²) < 4.78 is 0. The van der Waals surface area contributed by atoms with Gasteiger partial charge in [0.15, 0.2) is 0 Å². The predicted molar refractivity (Wildman–Crippen MR) is 125 cm³/mol. The Morgan fingerprint density at radius 1 is 0.500 bits per heavy atom. The summed E-state index contributed by atoms with van der Waals surface area (Å²) in [5, 5.41) is 21.6. The Balaban J connectivity index is -0.0000000957. The number of hydrogen-bond acceptors (Lipinski definition) is 2. The van der Waals surface area contributed by atoms with E-state index in [0.717, 1.165) is 32.7 Å². The molecule has 0 fully saturated rings. The molecule has 0 bridgehead atoms. The van der Waals surface area contributed by atoms with E-state index in [4.69, 9.17) is 10.5 Å². The number of nitrogens with zero attached hydrogens (tertiary/aromatic N) is 2. The molecule has 0 unspecified atom stereocenters. The molecule has 0 saturated heterocycles. The van der Waals surface area contributed by atoms with Gasteiger partial charge < -0.3 is 10.5 Å². The zero-order valence-corrected chi connectivity index (χ0v) is 39.0. The molecule has 4 rings (SSSR count). The van der Waals surface area contributed by atoms with Gasteiger partial charge in [-0.1, -0.05) is 77.9 Å². The smallest absolute Gasteiger partial charge is 0 e. The van der Waals surface area contributed by atoms with E-state index in [1.54, 1.807) is 0 Å². The first-order valence-electron chi connectivity index (χ1n) is 10.1. The molecule has 0 N–H and O–H groups in total. The normalized spacial score (nSPS) is 7.44. The molecule has 0 atom stereocenters. The number of nitriles is 2. The molecule has 0 aliphatic carbocycles. The summed E-state index contributed by atoms with van der Waals surface area (Å²) in [6.45, 7) is 11.9. The molecule has 0 spiro atoms. The van der Waals surface area contributed by atoms with Crippen molar-refractivity contribution in [1.82, 2.24) is 0 Å². The number of rotatable bonds is 0. The van der Waals surface area contributed by atoms with Crippen LogP contribution in [0.15, 0.2) is 48.5 Å². The van der Waals surface area contributed by atoms with Gasteiger partial charge in [0, 0.05) is 196 Å². The Kier molecular flexibility index (Phi) is 44.5. The standard InChI is InChI=1S/2C12H7N.2C2H6.6Y/c2*1-9-6-10(8-13)7-11-4-2-3-5-12(9)11;2*1-2;;;;;;/h2*2-5H,1H3;2*1-2H3;;;;;;/q2*-2;;;;;;;;. The van der Waals surface area contributed by atoms with Crippen LogP contribution >= 0.6 is 0 Å². The van der Waals surface area contributed by atoms with Gasteiger partial charge in [0.05, 0.1) is 0 Å². The zero-order chi connectivity index (χ0) is 22.5. The van der Waals surface area contributed by atoms with Gasteiger partial charge in [-0.05, 0) is 0 Å². The quantitative estimate of drug-likeness (QED) is 0.174. The van der Waals surface area contributed by atoms with Crippen molar-refractivity contribution >= 4 is 21.5 Å². The first kappa shape index (κ1) is 51.7. The minimum atomic E-state index is 0. The number of hydrogen-bond donors (Lipinski definition) is 0. The molecule has 4 aromatic rings. The summed E-state index contributed by atoms with van der Waals surface area (Å²) in [4.78, 5) is 0. The molecule has 2 nitrogen and oxygen atoms in total. The van der Waals surface area contributed by atoms with Gasteiger partial charge in [0.1, 0.15) is 0 Å². The third kappa shape index (κ3) is 17.1. The van der Waals surface area contributed by atoms with Crippen LogP contribution in [0.25, 0.3) is 21.5 Å². The second-order valence-electron chi connectivity index (χ2n) is 5.81. The summed E-state index contributed by atoms with van der Waals surface area (Å²) in [7, 11) is 0. The molecule has 0 aliphatic heterocycles. The number of aryl methyl sites for hydroxylation is 2. The molecule has 6 radical (unpaired) electrons. The Hall–Kier alpha value is 3.00. The van der Waals surface area contributed by atoms with Gasteiger partial charge in [-0.15, -0.1) is 12.1 Å². The molecule has 0 aliphatic rings. The maximum atomic E-state index is 8.71. The van der Waals surface area contributed by atoms with E-state index in [9.17, 15) is 0 Å². The van der Waals surface area contributed by atoms with E-state index in [0.29, 0.717) is 11.1 Å². The van der Waals surface area contributed by atoms with Crippen molar-refractivity contribution in [2.24, 2.45) is 0 Å². The third-order valence-corrected chi connectivity index (χ3v) is 4.03. The monoisotopic (exact) mass is 924 g/mol. The molecule has 0 aromatic heterocycles. The van der Waals surface area contributed by atoms with Crippen LogP contribution in [0, 0.1) is 60.8 Å². The van der Waals surface area contributed by atoms with E-state index in [1.807, 2.05) is 102 Å². The van der Waals surface area contributed by atoms with Gasteiger partial charge in [-0.2, -0.15) is 33.7 Å². The second kappa shape index (κ2) is 31.0. The summed E-state index contributed by atoms with van der Waals surface area (Å²) in [6, 6.07) is 31.8. The van der Waals surface area contributed by atoms with Gasteiger partial charge >= 0.3 is 0 Å². The van der Waals surface area contributed by atoms with Crippen LogP contribution in [-0.2, 0) is 196 Å². The Bertz CT molecular complexity index is 1100. The number of benzene rings is 4. The van der Waals surface area contributed by atoms with Crippen LogP contribution in [0.3, 0.4) is 0 Å². The number of fused-ring (bicyclic) bond motifs is 2. The van der Waals surface area contributed by atoms with Crippen LogP contribution < -0.4 is 0 Å². The van der Waals surface area contributed by atoms with Crippen LogP contribution in [0.1, 0.15) is 49.9 Å². The predicted octanol–water partition coefficient (Wildman–Crippen LogP) is 7.28. The van der Waals surface area contributed by atoms with Crippen LogP contribution in [0.5, 0.6) is 0 Å².